The van der Waals surface area contributed by atoms with Crippen molar-refractivity contribution in [1.29, 1.82) is 0 Å². The molecule has 0 bridgehead atoms. The number of benzene rings is 2. The van der Waals surface area contributed by atoms with Crippen molar-refractivity contribution in [3.63, 3.8) is 0 Å². The van der Waals surface area contributed by atoms with Gasteiger partial charge in [0, 0.05) is 5.56 Å². The monoisotopic (exact) mass is 439 g/mol. The zero-order valence-corrected chi connectivity index (χ0v) is 18.4. The maximum atomic E-state index is 13.1. The van der Waals surface area contributed by atoms with E-state index in [0.717, 1.165) is 11.3 Å². The molecule has 4 rings (SSSR count). The Hall–Kier alpha value is -3.59. The number of methoxy groups -OCH3 is 3. The van der Waals surface area contributed by atoms with Crippen molar-refractivity contribution in [2.75, 3.05) is 27.9 Å². The molecule has 0 atom stereocenters. The molecule has 9 heteroatoms. The van der Waals surface area contributed by atoms with Gasteiger partial charge in [0.15, 0.2) is 17.3 Å². The van der Waals surface area contributed by atoms with Crippen molar-refractivity contribution >= 4 is 22.4 Å². The topological polar surface area (TPSA) is 84.2 Å². The fraction of sp³-hybridized carbons (Fsp3) is 0.227. The SMILES string of the molecule is CCOc1ccc(C=c2sc3nnc(-c4cc(OC)c(OC)c(OC)c4)n3c2=O)cc1. The maximum Gasteiger partial charge on any atom is 0.276 e. The summed E-state index contributed by atoms with van der Waals surface area (Å²) in [5.41, 5.74) is 1.33. The summed E-state index contributed by atoms with van der Waals surface area (Å²) in [6.07, 6.45) is 1.83. The second kappa shape index (κ2) is 8.65. The largest absolute Gasteiger partial charge is 0.494 e. The van der Waals surface area contributed by atoms with Gasteiger partial charge in [0.05, 0.1) is 32.5 Å². The molecule has 0 amide bonds. The number of hydrogen-bond donors (Lipinski definition) is 0. The molecule has 2 aromatic heterocycles. The van der Waals surface area contributed by atoms with Gasteiger partial charge in [-0.05, 0) is 42.8 Å². The van der Waals surface area contributed by atoms with Gasteiger partial charge in [0.25, 0.3) is 5.56 Å². The molecule has 0 spiro atoms. The molecule has 0 aliphatic carbocycles. The second-order valence-corrected chi connectivity index (χ2v) is 7.48. The molecule has 31 heavy (non-hydrogen) atoms. The Bertz CT molecular complexity index is 1300. The number of nitrogens with zero attached hydrogens (tertiary/aromatic N) is 3. The Morgan fingerprint density at radius 1 is 1.00 bits per heavy atom. The fourth-order valence-electron chi connectivity index (χ4n) is 3.24. The van der Waals surface area contributed by atoms with Crippen LogP contribution in [0.15, 0.2) is 41.2 Å². The Morgan fingerprint density at radius 2 is 1.68 bits per heavy atom. The van der Waals surface area contributed by atoms with E-state index in [1.54, 1.807) is 12.1 Å². The molecule has 0 radical (unpaired) electrons. The Labute approximate surface area is 182 Å². The van der Waals surface area contributed by atoms with Crippen molar-refractivity contribution in [2.24, 2.45) is 0 Å². The highest BCUT2D eigenvalue weighted by molar-refractivity contribution is 7.15. The molecule has 0 fully saturated rings. The standard InChI is InChI=1S/C22H21N3O5S/c1-5-30-15-8-6-13(7-9-15)10-18-21(26)25-20(23-24-22(25)31-18)14-11-16(27-2)19(29-4)17(12-14)28-3/h6-12H,5H2,1-4H3. The van der Waals surface area contributed by atoms with Gasteiger partial charge in [-0.3, -0.25) is 4.79 Å². The third kappa shape index (κ3) is 3.79. The summed E-state index contributed by atoms with van der Waals surface area (Å²) in [7, 11) is 4.61. The van der Waals surface area contributed by atoms with Crippen LogP contribution in [0.25, 0.3) is 22.4 Å². The Morgan fingerprint density at radius 3 is 2.26 bits per heavy atom. The van der Waals surface area contributed by atoms with Crippen LogP contribution in [0, 0.1) is 0 Å². The summed E-state index contributed by atoms with van der Waals surface area (Å²) < 4.78 is 23.7. The van der Waals surface area contributed by atoms with Crippen LogP contribution in [0.4, 0.5) is 0 Å². The van der Waals surface area contributed by atoms with Crippen LogP contribution in [-0.2, 0) is 0 Å². The number of fused-ring (bicyclic) bond motifs is 1. The first-order valence-electron chi connectivity index (χ1n) is 9.52. The third-order valence-electron chi connectivity index (χ3n) is 4.66. The van der Waals surface area contributed by atoms with Gasteiger partial charge in [-0.2, -0.15) is 0 Å². The van der Waals surface area contributed by atoms with E-state index in [9.17, 15) is 4.79 Å². The van der Waals surface area contributed by atoms with E-state index in [-0.39, 0.29) is 5.56 Å². The minimum absolute atomic E-state index is 0.192. The second-order valence-electron chi connectivity index (χ2n) is 6.47. The first-order valence-corrected chi connectivity index (χ1v) is 10.3. The van der Waals surface area contributed by atoms with Crippen LogP contribution in [-0.4, -0.2) is 42.5 Å². The lowest BCUT2D eigenvalue weighted by Crippen LogP contribution is -2.23. The van der Waals surface area contributed by atoms with Gasteiger partial charge in [0.1, 0.15) is 5.75 Å². The fourth-order valence-corrected chi connectivity index (χ4v) is 4.15. The van der Waals surface area contributed by atoms with E-state index in [0.29, 0.717) is 44.7 Å². The molecule has 0 aliphatic heterocycles. The van der Waals surface area contributed by atoms with Crippen LogP contribution in [0.5, 0.6) is 23.0 Å². The Kier molecular flexibility index (Phi) is 5.77. The van der Waals surface area contributed by atoms with E-state index < -0.39 is 0 Å². The third-order valence-corrected chi connectivity index (χ3v) is 5.62. The average molecular weight is 439 g/mol. The van der Waals surface area contributed by atoms with Crippen LogP contribution < -0.4 is 29.0 Å². The van der Waals surface area contributed by atoms with Gasteiger partial charge in [0.2, 0.25) is 10.7 Å². The predicted octanol–water partition coefficient (Wildman–Crippen LogP) is 2.79. The molecular formula is C22H21N3O5S. The number of rotatable bonds is 7. The smallest absolute Gasteiger partial charge is 0.276 e. The van der Waals surface area contributed by atoms with Crippen LogP contribution >= 0.6 is 11.3 Å². The highest BCUT2D eigenvalue weighted by Gasteiger charge is 2.19. The summed E-state index contributed by atoms with van der Waals surface area (Å²) in [5, 5.41) is 8.40. The van der Waals surface area contributed by atoms with Gasteiger partial charge >= 0.3 is 0 Å². The van der Waals surface area contributed by atoms with Crippen LogP contribution in [0.1, 0.15) is 12.5 Å². The lowest BCUT2D eigenvalue weighted by molar-refractivity contribution is 0.324. The lowest BCUT2D eigenvalue weighted by Gasteiger charge is -2.13. The van der Waals surface area contributed by atoms with E-state index in [2.05, 4.69) is 10.2 Å². The average Bonchev–Trinajstić information content (AvgIpc) is 3.34. The van der Waals surface area contributed by atoms with E-state index in [1.807, 2.05) is 37.3 Å². The zero-order valence-electron chi connectivity index (χ0n) is 17.5. The highest BCUT2D eigenvalue weighted by atomic mass is 32.1. The van der Waals surface area contributed by atoms with Gasteiger partial charge < -0.3 is 18.9 Å². The molecule has 4 aromatic rings. The minimum atomic E-state index is -0.192. The first kappa shape index (κ1) is 20.7. The number of thiazole rings is 1. The van der Waals surface area contributed by atoms with E-state index in [4.69, 9.17) is 18.9 Å². The first-order chi connectivity index (χ1) is 15.1. The highest BCUT2D eigenvalue weighted by Crippen LogP contribution is 2.40. The van der Waals surface area contributed by atoms with E-state index in [1.165, 1.54) is 37.1 Å². The molecule has 0 N–H and O–H groups in total. The summed E-state index contributed by atoms with van der Waals surface area (Å²) in [5.74, 6) is 2.60. The van der Waals surface area contributed by atoms with Crippen molar-refractivity contribution in [3.8, 4) is 34.4 Å². The summed E-state index contributed by atoms with van der Waals surface area (Å²) in [6, 6.07) is 11.1. The minimum Gasteiger partial charge on any atom is -0.494 e. The number of hydrogen-bond acceptors (Lipinski definition) is 8. The van der Waals surface area contributed by atoms with Crippen molar-refractivity contribution in [1.82, 2.24) is 14.6 Å². The molecule has 0 saturated heterocycles. The van der Waals surface area contributed by atoms with Crippen molar-refractivity contribution < 1.29 is 18.9 Å². The molecule has 0 saturated carbocycles. The molecule has 0 unspecified atom stereocenters. The lowest BCUT2D eigenvalue weighted by atomic mass is 10.1. The molecule has 2 heterocycles. The molecule has 2 aromatic carbocycles. The van der Waals surface area contributed by atoms with Crippen LogP contribution in [0.2, 0.25) is 0 Å². The zero-order chi connectivity index (χ0) is 22.0. The quantitative estimate of drug-likeness (QED) is 0.438. The molecule has 160 valence electrons. The van der Waals surface area contributed by atoms with Crippen molar-refractivity contribution in [3.05, 3.63) is 56.8 Å². The summed E-state index contributed by atoms with van der Waals surface area (Å²) in [6.45, 7) is 2.54. The normalized spacial score (nSPS) is 11.7. The number of ether oxygens (including phenoxy) is 4. The predicted molar refractivity (Wildman–Crippen MR) is 119 cm³/mol. The number of aromatic nitrogens is 3. The van der Waals surface area contributed by atoms with Gasteiger partial charge in [-0.25, -0.2) is 4.40 Å². The molecule has 0 aliphatic rings. The molecular weight excluding hydrogens is 418 g/mol. The van der Waals surface area contributed by atoms with E-state index >= 15 is 0 Å². The molecule has 8 nitrogen and oxygen atoms in total. The van der Waals surface area contributed by atoms with Crippen LogP contribution in [0.3, 0.4) is 0 Å². The summed E-state index contributed by atoms with van der Waals surface area (Å²) >= 11 is 1.28. The summed E-state index contributed by atoms with van der Waals surface area (Å²) in [4.78, 5) is 13.6. The van der Waals surface area contributed by atoms with Gasteiger partial charge in [-0.15, -0.1) is 10.2 Å². The van der Waals surface area contributed by atoms with Crippen molar-refractivity contribution in [2.45, 2.75) is 6.92 Å². The maximum absolute atomic E-state index is 13.1. The van der Waals surface area contributed by atoms with Gasteiger partial charge in [-0.1, -0.05) is 23.5 Å². The Balaban J connectivity index is 1.82.